The first-order valence-electron chi connectivity index (χ1n) is 10.0. The van der Waals surface area contributed by atoms with E-state index in [2.05, 4.69) is 0 Å². The fourth-order valence-corrected chi connectivity index (χ4v) is 5.58. The van der Waals surface area contributed by atoms with Gasteiger partial charge in [-0.25, -0.2) is 8.42 Å². The molecule has 1 fully saturated rings. The molecule has 0 aliphatic carbocycles. The average molecular weight is 475 g/mol. The largest absolute Gasteiger partial charge is 0.493 e. The van der Waals surface area contributed by atoms with Crippen molar-refractivity contribution in [3.8, 4) is 11.5 Å². The zero-order valence-electron chi connectivity index (χ0n) is 17.7. The molecule has 168 valence electrons. The van der Waals surface area contributed by atoms with Crippen LogP contribution in [0.1, 0.15) is 10.4 Å². The highest BCUT2D eigenvalue weighted by Crippen LogP contribution is 2.36. The van der Waals surface area contributed by atoms with Crippen LogP contribution in [-0.4, -0.2) is 63.9 Å². The Bertz CT molecular complexity index is 1270. The Hall–Kier alpha value is -2.81. The fourth-order valence-electron chi connectivity index (χ4n) is 3.83. The van der Waals surface area contributed by atoms with Gasteiger partial charge in [-0.2, -0.15) is 4.31 Å². The van der Waals surface area contributed by atoms with Crippen LogP contribution >= 0.6 is 11.6 Å². The molecule has 0 unspecified atom stereocenters. The molecule has 1 aliphatic heterocycles. The molecule has 0 saturated carbocycles. The number of halogens is 1. The minimum absolute atomic E-state index is 0.210. The van der Waals surface area contributed by atoms with Crippen molar-refractivity contribution in [1.29, 1.82) is 0 Å². The number of fused-ring (bicyclic) bond motifs is 1. The molecule has 4 rings (SSSR count). The molecular weight excluding hydrogens is 452 g/mol. The highest BCUT2D eigenvalue weighted by atomic mass is 35.5. The number of methoxy groups -OCH3 is 2. The van der Waals surface area contributed by atoms with E-state index in [0.717, 1.165) is 10.8 Å². The molecule has 7 nitrogen and oxygen atoms in total. The fraction of sp³-hybridized carbons (Fsp3) is 0.261. The highest BCUT2D eigenvalue weighted by molar-refractivity contribution is 7.89. The van der Waals surface area contributed by atoms with Gasteiger partial charge in [0, 0.05) is 31.7 Å². The Morgan fingerprint density at radius 3 is 2.25 bits per heavy atom. The van der Waals surface area contributed by atoms with E-state index in [-0.39, 0.29) is 42.0 Å². The van der Waals surface area contributed by atoms with E-state index in [0.29, 0.717) is 17.1 Å². The lowest BCUT2D eigenvalue weighted by molar-refractivity contribution is 0.0697. The summed E-state index contributed by atoms with van der Waals surface area (Å²) in [7, 11) is -0.712. The zero-order valence-corrected chi connectivity index (χ0v) is 19.3. The van der Waals surface area contributed by atoms with Gasteiger partial charge in [-0.05, 0) is 35.0 Å². The van der Waals surface area contributed by atoms with Crippen LogP contribution < -0.4 is 9.47 Å². The van der Waals surface area contributed by atoms with E-state index in [1.54, 1.807) is 23.1 Å². The van der Waals surface area contributed by atoms with Gasteiger partial charge >= 0.3 is 0 Å². The van der Waals surface area contributed by atoms with E-state index in [4.69, 9.17) is 21.1 Å². The summed E-state index contributed by atoms with van der Waals surface area (Å²) in [5, 5.41) is 2.12. The number of benzene rings is 3. The minimum atomic E-state index is -3.66. The Kier molecular flexibility index (Phi) is 6.28. The Morgan fingerprint density at radius 1 is 0.906 bits per heavy atom. The molecular formula is C23H23ClN2O5S. The molecule has 9 heteroatoms. The number of ether oxygens (including phenoxy) is 2. The molecule has 1 aliphatic rings. The predicted octanol–water partition coefficient (Wildman–Crippen LogP) is 3.66. The van der Waals surface area contributed by atoms with E-state index >= 15 is 0 Å². The van der Waals surface area contributed by atoms with Crippen LogP contribution in [0, 0.1) is 0 Å². The third-order valence-electron chi connectivity index (χ3n) is 5.57. The second-order valence-corrected chi connectivity index (χ2v) is 9.74. The topological polar surface area (TPSA) is 76.2 Å². The van der Waals surface area contributed by atoms with Crippen molar-refractivity contribution in [2.75, 3.05) is 40.4 Å². The van der Waals surface area contributed by atoms with Crippen molar-refractivity contribution in [1.82, 2.24) is 9.21 Å². The number of nitrogens with zero attached hydrogens (tertiary/aromatic N) is 2. The van der Waals surface area contributed by atoms with Crippen molar-refractivity contribution in [3.63, 3.8) is 0 Å². The number of amides is 1. The van der Waals surface area contributed by atoms with Gasteiger partial charge in [0.15, 0.2) is 11.5 Å². The molecule has 0 N–H and O–H groups in total. The van der Waals surface area contributed by atoms with Crippen LogP contribution in [0.2, 0.25) is 5.02 Å². The summed E-state index contributed by atoms with van der Waals surface area (Å²) in [5.41, 5.74) is 0.360. The van der Waals surface area contributed by atoms with Crippen LogP contribution in [0.4, 0.5) is 0 Å². The van der Waals surface area contributed by atoms with Crippen LogP contribution in [0.3, 0.4) is 0 Å². The molecule has 0 radical (unpaired) electrons. The van der Waals surface area contributed by atoms with Crippen LogP contribution in [0.25, 0.3) is 10.8 Å². The lowest BCUT2D eigenvalue weighted by Crippen LogP contribution is -2.50. The van der Waals surface area contributed by atoms with Gasteiger partial charge in [0.2, 0.25) is 10.0 Å². The lowest BCUT2D eigenvalue weighted by Gasteiger charge is -2.34. The van der Waals surface area contributed by atoms with E-state index in [9.17, 15) is 13.2 Å². The SMILES string of the molecule is COc1cc(C(=O)N2CCN(S(=O)(=O)c3ccc4ccccc4c3)CC2)cc(Cl)c1OC. The number of hydrogen-bond donors (Lipinski definition) is 0. The molecule has 1 amide bonds. The Balaban J connectivity index is 1.50. The van der Waals surface area contributed by atoms with Crippen LogP contribution in [0.5, 0.6) is 11.5 Å². The number of hydrogen-bond acceptors (Lipinski definition) is 5. The first-order valence-corrected chi connectivity index (χ1v) is 11.9. The minimum Gasteiger partial charge on any atom is -0.493 e. The van der Waals surface area contributed by atoms with Gasteiger partial charge in [-0.3, -0.25) is 4.79 Å². The second-order valence-electron chi connectivity index (χ2n) is 7.40. The summed E-state index contributed by atoms with van der Waals surface area (Å²) in [6, 6.07) is 15.9. The zero-order chi connectivity index (χ0) is 22.9. The average Bonchev–Trinajstić information content (AvgIpc) is 2.82. The van der Waals surface area contributed by atoms with Gasteiger partial charge in [0.25, 0.3) is 5.91 Å². The lowest BCUT2D eigenvalue weighted by atomic mass is 10.1. The maximum absolute atomic E-state index is 13.2. The number of piperazine rings is 1. The Labute approximate surface area is 192 Å². The molecule has 1 saturated heterocycles. The summed E-state index contributed by atoms with van der Waals surface area (Å²) in [6.07, 6.45) is 0. The van der Waals surface area contributed by atoms with Gasteiger partial charge in [-0.1, -0.05) is 41.9 Å². The van der Waals surface area contributed by atoms with Crippen LogP contribution in [-0.2, 0) is 10.0 Å². The standard InChI is InChI=1S/C23H23ClN2O5S/c1-30-21-15-18(14-20(24)22(21)31-2)23(27)25-9-11-26(12-10-25)32(28,29)19-8-7-16-5-3-4-6-17(16)13-19/h3-8,13-15H,9-12H2,1-2H3. The smallest absolute Gasteiger partial charge is 0.254 e. The van der Waals surface area contributed by atoms with Gasteiger partial charge in [0.05, 0.1) is 24.1 Å². The molecule has 32 heavy (non-hydrogen) atoms. The summed E-state index contributed by atoms with van der Waals surface area (Å²) < 4.78 is 38.2. The predicted molar refractivity (Wildman–Crippen MR) is 123 cm³/mol. The Morgan fingerprint density at radius 2 is 1.59 bits per heavy atom. The first kappa shape index (κ1) is 22.4. The number of sulfonamides is 1. The first-order chi connectivity index (χ1) is 15.3. The van der Waals surface area contributed by atoms with Crippen molar-refractivity contribution < 1.29 is 22.7 Å². The van der Waals surface area contributed by atoms with E-state index in [1.807, 2.05) is 30.3 Å². The quantitative estimate of drug-likeness (QED) is 0.564. The van der Waals surface area contributed by atoms with Gasteiger partial charge < -0.3 is 14.4 Å². The molecule has 0 atom stereocenters. The normalized spacial score (nSPS) is 15.0. The molecule has 0 bridgehead atoms. The third-order valence-corrected chi connectivity index (χ3v) is 7.74. The van der Waals surface area contributed by atoms with Crippen LogP contribution in [0.15, 0.2) is 59.5 Å². The summed E-state index contributed by atoms with van der Waals surface area (Å²) >= 11 is 6.23. The summed E-state index contributed by atoms with van der Waals surface area (Å²) in [6.45, 7) is 0.971. The van der Waals surface area contributed by atoms with E-state index < -0.39 is 10.0 Å². The molecule has 3 aromatic rings. The molecule has 0 aromatic heterocycles. The summed E-state index contributed by atoms with van der Waals surface area (Å²) in [4.78, 5) is 14.9. The highest BCUT2D eigenvalue weighted by Gasteiger charge is 2.31. The number of rotatable bonds is 5. The van der Waals surface area contributed by atoms with E-state index in [1.165, 1.54) is 24.6 Å². The van der Waals surface area contributed by atoms with Crippen molar-refractivity contribution >= 4 is 38.3 Å². The molecule has 1 heterocycles. The van der Waals surface area contributed by atoms with Crippen molar-refractivity contribution in [2.45, 2.75) is 4.90 Å². The molecule has 0 spiro atoms. The second kappa shape index (κ2) is 8.97. The summed E-state index contributed by atoms with van der Waals surface area (Å²) in [5.74, 6) is 0.480. The third kappa shape index (κ3) is 4.13. The van der Waals surface area contributed by atoms with Crippen molar-refractivity contribution in [3.05, 3.63) is 65.2 Å². The van der Waals surface area contributed by atoms with Gasteiger partial charge in [0.1, 0.15) is 0 Å². The van der Waals surface area contributed by atoms with Crippen molar-refractivity contribution in [2.24, 2.45) is 0 Å². The molecule has 3 aromatic carbocycles. The monoisotopic (exact) mass is 474 g/mol. The maximum atomic E-state index is 13.2. The maximum Gasteiger partial charge on any atom is 0.254 e. The number of carbonyl (C=O) groups excluding carboxylic acids is 1. The number of carbonyl (C=O) groups is 1. The van der Waals surface area contributed by atoms with Gasteiger partial charge in [-0.15, -0.1) is 0 Å².